The van der Waals surface area contributed by atoms with Crippen LogP contribution in [0, 0.1) is 0 Å². The first-order chi connectivity index (χ1) is 17.4. The maximum absolute atomic E-state index is 13.3. The highest BCUT2D eigenvalue weighted by Gasteiger charge is 2.24. The SMILES string of the molecule is CN(C)CCOc1ccc(CC(NC(=O)c2ccccc2)C(=O)NC(CO)Cc2ccccc2)cc1.Cl. The van der Waals surface area contributed by atoms with Gasteiger partial charge in [-0.15, -0.1) is 12.4 Å². The van der Waals surface area contributed by atoms with Crippen molar-refractivity contribution in [1.29, 1.82) is 0 Å². The summed E-state index contributed by atoms with van der Waals surface area (Å²) in [7, 11) is 3.98. The van der Waals surface area contributed by atoms with Gasteiger partial charge in [0.05, 0.1) is 12.6 Å². The molecule has 3 rings (SSSR count). The summed E-state index contributed by atoms with van der Waals surface area (Å²) in [5.74, 6) is 0.0710. The minimum atomic E-state index is -0.817. The van der Waals surface area contributed by atoms with Crippen LogP contribution in [0.2, 0.25) is 0 Å². The van der Waals surface area contributed by atoms with E-state index in [4.69, 9.17) is 4.74 Å². The standard InChI is InChI=1S/C29H35N3O4.ClH/c1-32(2)17-18-36-26-15-13-23(14-16-26)20-27(31-28(34)24-11-7-4-8-12-24)29(35)30-25(21-33)19-22-9-5-3-6-10-22;/h3-16,25,27,33H,17-21H2,1-2H3,(H,30,35)(H,31,34);1H. The zero-order valence-electron chi connectivity index (χ0n) is 21.3. The van der Waals surface area contributed by atoms with Gasteiger partial charge in [-0.25, -0.2) is 0 Å². The smallest absolute Gasteiger partial charge is 0.251 e. The van der Waals surface area contributed by atoms with Gasteiger partial charge in [-0.3, -0.25) is 9.59 Å². The second-order valence-corrected chi connectivity index (χ2v) is 8.97. The quantitative estimate of drug-likeness (QED) is 0.319. The number of hydrogen-bond acceptors (Lipinski definition) is 5. The van der Waals surface area contributed by atoms with Crippen molar-refractivity contribution in [3.63, 3.8) is 0 Å². The summed E-state index contributed by atoms with van der Waals surface area (Å²) >= 11 is 0. The van der Waals surface area contributed by atoms with E-state index in [9.17, 15) is 14.7 Å². The number of amides is 2. The number of hydrogen-bond donors (Lipinski definition) is 3. The molecule has 2 atom stereocenters. The third kappa shape index (κ3) is 10.2. The lowest BCUT2D eigenvalue weighted by atomic mass is 10.0. The second-order valence-electron chi connectivity index (χ2n) is 8.97. The molecule has 0 bridgehead atoms. The van der Waals surface area contributed by atoms with Crippen molar-refractivity contribution in [2.75, 3.05) is 33.9 Å². The molecule has 8 heteroatoms. The van der Waals surface area contributed by atoms with Crippen LogP contribution in [-0.4, -0.2) is 67.8 Å². The van der Waals surface area contributed by atoms with E-state index in [1.807, 2.05) is 79.7 Å². The summed E-state index contributed by atoms with van der Waals surface area (Å²) < 4.78 is 5.75. The molecule has 198 valence electrons. The highest BCUT2D eigenvalue weighted by molar-refractivity contribution is 5.97. The summed E-state index contributed by atoms with van der Waals surface area (Å²) in [6.07, 6.45) is 0.785. The molecule has 37 heavy (non-hydrogen) atoms. The number of aliphatic hydroxyl groups excluding tert-OH is 1. The number of carbonyl (C=O) groups is 2. The van der Waals surface area contributed by atoms with E-state index < -0.39 is 12.1 Å². The van der Waals surface area contributed by atoms with E-state index in [0.29, 0.717) is 25.0 Å². The maximum Gasteiger partial charge on any atom is 0.251 e. The zero-order chi connectivity index (χ0) is 25.8. The molecule has 2 amide bonds. The van der Waals surface area contributed by atoms with Crippen molar-refractivity contribution in [2.45, 2.75) is 24.9 Å². The summed E-state index contributed by atoms with van der Waals surface area (Å²) in [5, 5.41) is 15.7. The number of halogens is 1. The monoisotopic (exact) mass is 525 g/mol. The molecular weight excluding hydrogens is 490 g/mol. The van der Waals surface area contributed by atoms with E-state index in [-0.39, 0.29) is 30.8 Å². The van der Waals surface area contributed by atoms with Gasteiger partial charge in [0.2, 0.25) is 5.91 Å². The first-order valence-corrected chi connectivity index (χ1v) is 12.1. The number of benzene rings is 3. The molecule has 0 spiro atoms. The zero-order valence-corrected chi connectivity index (χ0v) is 22.1. The Labute approximate surface area is 225 Å². The van der Waals surface area contributed by atoms with E-state index in [1.165, 1.54) is 0 Å². The lowest BCUT2D eigenvalue weighted by Gasteiger charge is -2.23. The van der Waals surface area contributed by atoms with E-state index >= 15 is 0 Å². The Bertz CT molecular complexity index is 1080. The minimum Gasteiger partial charge on any atom is -0.492 e. The van der Waals surface area contributed by atoms with Gasteiger partial charge in [-0.2, -0.15) is 0 Å². The molecular formula is C29H36ClN3O4. The van der Waals surface area contributed by atoms with Gasteiger partial charge >= 0.3 is 0 Å². The molecule has 0 aromatic heterocycles. The number of ether oxygens (including phenoxy) is 1. The van der Waals surface area contributed by atoms with Crippen LogP contribution < -0.4 is 15.4 Å². The van der Waals surface area contributed by atoms with Crippen molar-refractivity contribution in [3.05, 3.63) is 102 Å². The third-order valence-corrected chi connectivity index (χ3v) is 5.72. The number of rotatable bonds is 13. The summed E-state index contributed by atoms with van der Waals surface area (Å²) in [6.45, 7) is 1.18. The van der Waals surface area contributed by atoms with Crippen molar-refractivity contribution < 1.29 is 19.4 Å². The molecule has 0 aliphatic rings. The molecule has 3 aromatic carbocycles. The Balaban J connectivity index is 0.00000481. The van der Waals surface area contributed by atoms with Crippen molar-refractivity contribution >= 4 is 24.2 Å². The molecule has 0 heterocycles. The highest BCUT2D eigenvalue weighted by Crippen LogP contribution is 2.14. The van der Waals surface area contributed by atoms with Crippen LogP contribution >= 0.6 is 12.4 Å². The second kappa shape index (κ2) is 15.7. The summed E-state index contributed by atoms with van der Waals surface area (Å²) in [5.41, 5.74) is 2.36. The summed E-state index contributed by atoms with van der Waals surface area (Å²) in [6, 6.07) is 24.7. The van der Waals surface area contributed by atoms with Gasteiger partial charge in [0.1, 0.15) is 18.4 Å². The van der Waals surface area contributed by atoms with Crippen LogP contribution in [-0.2, 0) is 17.6 Å². The van der Waals surface area contributed by atoms with Crippen LogP contribution in [0.4, 0.5) is 0 Å². The fraction of sp³-hybridized carbons (Fsp3) is 0.310. The van der Waals surface area contributed by atoms with Gasteiger partial charge in [0.25, 0.3) is 5.91 Å². The molecule has 0 fully saturated rings. The fourth-order valence-corrected chi connectivity index (χ4v) is 3.71. The molecule has 2 unspecified atom stereocenters. The summed E-state index contributed by atoms with van der Waals surface area (Å²) in [4.78, 5) is 28.2. The number of carbonyl (C=O) groups excluding carboxylic acids is 2. The first kappa shape index (κ1) is 29.8. The van der Waals surface area contributed by atoms with Crippen molar-refractivity contribution in [1.82, 2.24) is 15.5 Å². The minimum absolute atomic E-state index is 0. The number of nitrogens with one attached hydrogen (secondary N) is 2. The van der Waals surface area contributed by atoms with Crippen LogP contribution in [0.25, 0.3) is 0 Å². The number of nitrogens with zero attached hydrogens (tertiary/aromatic N) is 1. The number of likely N-dealkylation sites (N-methyl/N-ethyl adjacent to an activating group) is 1. The Morgan fingerprint density at radius 1 is 0.838 bits per heavy atom. The van der Waals surface area contributed by atoms with Gasteiger partial charge in [0.15, 0.2) is 0 Å². The lowest BCUT2D eigenvalue weighted by Crippen LogP contribution is -2.52. The van der Waals surface area contributed by atoms with Crippen molar-refractivity contribution in [2.24, 2.45) is 0 Å². The van der Waals surface area contributed by atoms with Crippen molar-refractivity contribution in [3.8, 4) is 5.75 Å². The van der Waals surface area contributed by atoms with Gasteiger partial charge < -0.3 is 25.4 Å². The molecule has 7 nitrogen and oxygen atoms in total. The average molecular weight is 526 g/mol. The largest absolute Gasteiger partial charge is 0.492 e. The van der Waals surface area contributed by atoms with Gasteiger partial charge in [-0.1, -0.05) is 60.7 Å². The Morgan fingerprint density at radius 3 is 2.03 bits per heavy atom. The molecule has 0 radical (unpaired) electrons. The van der Waals surface area contributed by atoms with Crippen LogP contribution in [0.1, 0.15) is 21.5 Å². The molecule has 0 aliphatic carbocycles. The van der Waals surface area contributed by atoms with E-state index in [0.717, 1.165) is 23.4 Å². The maximum atomic E-state index is 13.3. The number of aliphatic hydroxyl groups is 1. The van der Waals surface area contributed by atoms with Crippen LogP contribution in [0.5, 0.6) is 5.75 Å². The molecule has 3 N–H and O–H groups in total. The topological polar surface area (TPSA) is 90.9 Å². The predicted molar refractivity (Wildman–Crippen MR) is 148 cm³/mol. The average Bonchev–Trinajstić information content (AvgIpc) is 2.89. The molecule has 3 aromatic rings. The van der Waals surface area contributed by atoms with E-state index in [1.54, 1.807) is 24.3 Å². The Hall–Kier alpha value is -3.39. The molecule has 0 saturated heterocycles. The molecule has 0 saturated carbocycles. The lowest BCUT2D eigenvalue weighted by molar-refractivity contribution is -0.124. The molecule has 0 aliphatic heterocycles. The Kier molecular flexibility index (Phi) is 12.6. The fourth-order valence-electron chi connectivity index (χ4n) is 3.71. The highest BCUT2D eigenvalue weighted by atomic mass is 35.5. The van der Waals surface area contributed by atoms with Gasteiger partial charge in [0, 0.05) is 18.5 Å². The first-order valence-electron chi connectivity index (χ1n) is 12.1. The van der Waals surface area contributed by atoms with Crippen LogP contribution in [0.3, 0.4) is 0 Å². The normalized spacial score (nSPS) is 12.2. The third-order valence-electron chi connectivity index (χ3n) is 5.72. The van der Waals surface area contributed by atoms with Crippen LogP contribution in [0.15, 0.2) is 84.9 Å². The Morgan fingerprint density at radius 2 is 1.43 bits per heavy atom. The van der Waals surface area contributed by atoms with Gasteiger partial charge in [-0.05, 0) is 55.9 Å². The van der Waals surface area contributed by atoms with E-state index in [2.05, 4.69) is 10.6 Å². The predicted octanol–water partition coefficient (Wildman–Crippen LogP) is 3.11.